The van der Waals surface area contributed by atoms with Gasteiger partial charge in [-0.2, -0.15) is 0 Å². The summed E-state index contributed by atoms with van der Waals surface area (Å²) in [5, 5.41) is 0. The monoisotopic (exact) mass is 1050 g/mol. The summed E-state index contributed by atoms with van der Waals surface area (Å²) in [7, 11) is 1.13. The molecule has 0 aliphatic carbocycles. The molecule has 0 saturated carbocycles. The summed E-state index contributed by atoms with van der Waals surface area (Å²) in [6, 6.07) is 0. The van der Waals surface area contributed by atoms with Crippen molar-refractivity contribution < 1.29 is 42.1 Å². The smallest absolute Gasteiger partial charge is 0.306 e. The van der Waals surface area contributed by atoms with E-state index in [-0.39, 0.29) is 26.1 Å². The molecule has 0 N–H and O–H groups in total. The first-order valence-corrected chi connectivity index (χ1v) is 30.0. The van der Waals surface area contributed by atoms with Gasteiger partial charge in [0.1, 0.15) is 19.8 Å². The van der Waals surface area contributed by atoms with Crippen molar-refractivity contribution in [2.75, 3.05) is 47.5 Å². The fraction of sp³-hybridized carbons (Fsp3) is 0.594. The zero-order valence-corrected chi connectivity index (χ0v) is 48.1. The van der Waals surface area contributed by atoms with Gasteiger partial charge >= 0.3 is 11.9 Å². The zero-order chi connectivity index (χ0) is 54.2. The number of hydrogen-bond donors (Lipinski definition) is 0. The van der Waals surface area contributed by atoms with Gasteiger partial charge in [0.25, 0.3) is 7.82 Å². The average molecular weight is 1050 g/mol. The lowest BCUT2D eigenvalue weighted by Gasteiger charge is -2.28. The quantitative estimate of drug-likeness (QED) is 0.0195. The van der Waals surface area contributed by atoms with E-state index in [0.29, 0.717) is 17.4 Å². The van der Waals surface area contributed by atoms with Crippen molar-refractivity contribution in [3.8, 4) is 0 Å². The molecule has 0 aromatic rings. The number of rotatable bonds is 50. The minimum absolute atomic E-state index is 0.0426. The molecule has 0 aromatic heterocycles. The predicted molar refractivity (Wildman–Crippen MR) is 314 cm³/mol. The Bertz CT molecular complexity index is 1760. The number of quaternary nitrogens is 1. The number of carbonyl (C=O) groups excluding carboxylic acids is 2. The van der Waals surface area contributed by atoms with E-state index in [9.17, 15) is 19.0 Å². The van der Waals surface area contributed by atoms with Gasteiger partial charge in [-0.25, -0.2) is 0 Å². The normalized spacial score (nSPS) is 14.4. The van der Waals surface area contributed by atoms with Crippen molar-refractivity contribution in [2.24, 2.45) is 0 Å². The van der Waals surface area contributed by atoms with Crippen molar-refractivity contribution in [1.82, 2.24) is 0 Å². The molecule has 2 unspecified atom stereocenters. The maximum absolute atomic E-state index is 12.7. The Hall–Kier alpha value is -4.11. The minimum Gasteiger partial charge on any atom is -0.756 e. The van der Waals surface area contributed by atoms with Gasteiger partial charge in [-0.1, -0.05) is 224 Å². The van der Waals surface area contributed by atoms with Crippen LogP contribution in [0.15, 0.2) is 146 Å². The van der Waals surface area contributed by atoms with Gasteiger partial charge in [0.05, 0.1) is 27.7 Å². The number of likely N-dealkylation sites (N-methyl/N-ethyl adjacent to an activating group) is 1. The molecule has 0 heterocycles. The second-order valence-electron chi connectivity index (χ2n) is 19.6. The first-order valence-electron chi connectivity index (χ1n) is 28.5. The number of phosphoric ester groups is 1. The summed E-state index contributed by atoms with van der Waals surface area (Å²) in [5.41, 5.74) is 0. The summed E-state index contributed by atoms with van der Waals surface area (Å²) < 4.78 is 33.9. The topological polar surface area (TPSA) is 111 Å². The van der Waals surface area contributed by atoms with Gasteiger partial charge in [-0.15, -0.1) is 0 Å². The lowest BCUT2D eigenvalue weighted by Crippen LogP contribution is -2.37. The van der Waals surface area contributed by atoms with Gasteiger partial charge in [0.2, 0.25) is 0 Å². The van der Waals surface area contributed by atoms with Crippen molar-refractivity contribution in [3.63, 3.8) is 0 Å². The van der Waals surface area contributed by atoms with E-state index in [4.69, 9.17) is 18.5 Å². The molecule has 0 aromatic carbocycles. The Morgan fingerprint density at radius 3 is 1.15 bits per heavy atom. The van der Waals surface area contributed by atoms with Crippen LogP contribution >= 0.6 is 7.82 Å². The number of allylic oxidation sites excluding steroid dienone is 24. The molecule has 74 heavy (non-hydrogen) atoms. The first-order chi connectivity index (χ1) is 36.0. The molecule has 10 heteroatoms. The van der Waals surface area contributed by atoms with Crippen LogP contribution in [0, 0.1) is 0 Å². The molecule has 418 valence electrons. The van der Waals surface area contributed by atoms with Crippen LogP contribution < -0.4 is 4.89 Å². The molecule has 0 bridgehead atoms. The van der Waals surface area contributed by atoms with Crippen molar-refractivity contribution in [1.29, 1.82) is 0 Å². The lowest BCUT2D eigenvalue weighted by atomic mass is 10.1. The molecular weight excluding hydrogens is 942 g/mol. The van der Waals surface area contributed by atoms with E-state index in [0.717, 1.165) is 122 Å². The van der Waals surface area contributed by atoms with E-state index in [1.807, 2.05) is 21.1 Å². The van der Waals surface area contributed by atoms with Gasteiger partial charge in [0.15, 0.2) is 6.10 Å². The largest absolute Gasteiger partial charge is 0.756 e. The van der Waals surface area contributed by atoms with Gasteiger partial charge in [-0.05, 0) is 103 Å². The maximum Gasteiger partial charge on any atom is 0.306 e. The first kappa shape index (κ1) is 69.9. The highest BCUT2D eigenvalue weighted by molar-refractivity contribution is 7.45. The number of esters is 2. The Labute approximate surface area is 453 Å². The highest BCUT2D eigenvalue weighted by atomic mass is 31.2. The molecule has 0 aliphatic heterocycles. The Morgan fingerprint density at radius 1 is 0.432 bits per heavy atom. The highest BCUT2D eigenvalue weighted by Gasteiger charge is 2.21. The standard InChI is InChI=1S/C64H104NO8P/c1-6-8-10-12-14-16-17-18-19-20-21-22-23-24-25-26-27-28-29-30-31-32-33-34-35-36-37-38-39-40-41-42-43-44-45-46-47-49-51-53-55-57-64(67)73-62(61-72-74(68,69)71-59-58-65(3,4)5)60-70-63(66)56-54-52-50-48-15-13-11-9-7-2/h8,10,14,16,18-19,21-22,24-25,27-28,30-31,33-34,36-37,39-40,42-43,45-46,62H,6-7,9,11-13,15,17,20,23,26,29,32,35,38,41,44,47-61H2,1-5H3/b10-8-,16-14-,19-18-,22-21-,25-24-,28-27-,31-30-,34-33-,37-36-,40-39-,43-42-,46-45-. The third-order valence-corrected chi connectivity index (χ3v) is 12.3. The third kappa shape index (κ3) is 57.2. The summed E-state index contributed by atoms with van der Waals surface area (Å²) in [6.07, 6.45) is 79.2. The molecule has 0 aliphatic rings. The molecule has 0 rings (SSSR count). The molecule has 0 fully saturated rings. The Kier molecular flexibility index (Phi) is 50.7. The maximum atomic E-state index is 12.7. The van der Waals surface area contributed by atoms with Gasteiger partial charge in [-0.3, -0.25) is 14.2 Å². The van der Waals surface area contributed by atoms with E-state index in [1.54, 1.807) is 0 Å². The average Bonchev–Trinajstić information content (AvgIpc) is 3.36. The minimum atomic E-state index is -4.64. The number of unbranched alkanes of at least 4 members (excludes halogenated alkanes) is 12. The Balaban J connectivity index is 4.13. The van der Waals surface area contributed by atoms with E-state index >= 15 is 0 Å². The fourth-order valence-corrected chi connectivity index (χ4v) is 7.72. The number of phosphoric acid groups is 1. The number of nitrogens with zero attached hydrogens (tertiary/aromatic N) is 1. The van der Waals surface area contributed by atoms with Gasteiger partial charge in [0, 0.05) is 12.8 Å². The number of ether oxygens (including phenoxy) is 2. The van der Waals surface area contributed by atoms with Crippen LogP contribution in [-0.4, -0.2) is 70.0 Å². The van der Waals surface area contributed by atoms with Crippen molar-refractivity contribution >= 4 is 19.8 Å². The van der Waals surface area contributed by atoms with E-state index < -0.39 is 32.5 Å². The molecule has 2 atom stereocenters. The van der Waals surface area contributed by atoms with E-state index in [1.165, 1.54) is 38.5 Å². The third-order valence-electron chi connectivity index (χ3n) is 11.4. The molecular formula is C64H104NO8P. The van der Waals surface area contributed by atoms with Crippen LogP contribution in [0.5, 0.6) is 0 Å². The van der Waals surface area contributed by atoms with Gasteiger partial charge < -0.3 is 27.9 Å². The number of carbonyl (C=O) groups is 2. The fourth-order valence-electron chi connectivity index (χ4n) is 6.99. The summed E-state index contributed by atoms with van der Waals surface area (Å²) in [4.78, 5) is 37.6. The second kappa shape index (κ2) is 53.7. The second-order valence-corrected chi connectivity index (χ2v) is 21.0. The molecule has 0 radical (unpaired) electrons. The van der Waals surface area contributed by atoms with Crippen LogP contribution in [0.25, 0.3) is 0 Å². The molecule has 0 spiro atoms. The summed E-state index contributed by atoms with van der Waals surface area (Å²) in [6.45, 7) is 4.03. The SMILES string of the molecule is CC/C=C\C/C=C\C/C=C\C/C=C\C/C=C\C/C=C\C/C=C\C/C=C\C/C=C\C/C=C\C/C=C\C/C=C\CCCCCCC(=O)OC(COC(=O)CCCCCCCCCCC)COP(=O)([O-])OCC[N+](C)(C)C. The number of hydrogen-bond acceptors (Lipinski definition) is 8. The summed E-state index contributed by atoms with van der Waals surface area (Å²) in [5.74, 6) is -0.877. The van der Waals surface area contributed by atoms with Crippen molar-refractivity contribution in [3.05, 3.63) is 146 Å². The lowest BCUT2D eigenvalue weighted by molar-refractivity contribution is -0.870. The van der Waals surface area contributed by atoms with Crippen LogP contribution in [-0.2, 0) is 32.7 Å². The predicted octanol–water partition coefficient (Wildman–Crippen LogP) is 17.3. The molecule has 0 saturated heterocycles. The molecule has 0 amide bonds. The Morgan fingerprint density at radius 2 is 0.770 bits per heavy atom. The zero-order valence-electron chi connectivity index (χ0n) is 47.2. The van der Waals surface area contributed by atoms with Crippen LogP contribution in [0.1, 0.15) is 194 Å². The van der Waals surface area contributed by atoms with E-state index in [2.05, 4.69) is 160 Å². The van der Waals surface area contributed by atoms with Crippen molar-refractivity contribution in [2.45, 2.75) is 200 Å². The highest BCUT2D eigenvalue weighted by Crippen LogP contribution is 2.38. The van der Waals surface area contributed by atoms with Crippen LogP contribution in [0.3, 0.4) is 0 Å². The summed E-state index contributed by atoms with van der Waals surface area (Å²) >= 11 is 0. The molecule has 9 nitrogen and oxygen atoms in total. The van der Waals surface area contributed by atoms with Crippen LogP contribution in [0.4, 0.5) is 0 Å². The van der Waals surface area contributed by atoms with Crippen LogP contribution in [0.2, 0.25) is 0 Å².